The number of carbonyl (C=O) groups is 1. The van der Waals surface area contributed by atoms with Crippen LogP contribution < -0.4 is 15.0 Å². The van der Waals surface area contributed by atoms with Gasteiger partial charge in [0, 0.05) is 32.7 Å². The SMILES string of the molecule is CN(CCCOc1cnnc(N(C)C2CCNCC2)c1)C(=O)OCc1ccccc1. The largest absolute Gasteiger partial charge is 0.492 e. The molecule has 0 unspecified atom stereocenters. The lowest BCUT2D eigenvalue weighted by Gasteiger charge is -2.32. The fourth-order valence-corrected chi connectivity index (χ4v) is 3.38. The van der Waals surface area contributed by atoms with E-state index in [9.17, 15) is 4.79 Å². The Labute approximate surface area is 178 Å². The predicted octanol–water partition coefficient (Wildman–Crippen LogP) is 2.70. The van der Waals surface area contributed by atoms with E-state index in [4.69, 9.17) is 9.47 Å². The number of amides is 1. The van der Waals surface area contributed by atoms with Gasteiger partial charge >= 0.3 is 6.09 Å². The molecule has 3 rings (SSSR count). The molecule has 1 aromatic carbocycles. The van der Waals surface area contributed by atoms with E-state index < -0.39 is 0 Å². The summed E-state index contributed by atoms with van der Waals surface area (Å²) >= 11 is 0. The maximum Gasteiger partial charge on any atom is 0.409 e. The summed E-state index contributed by atoms with van der Waals surface area (Å²) in [6.07, 6.45) is 4.16. The molecule has 2 heterocycles. The van der Waals surface area contributed by atoms with Gasteiger partial charge in [0.25, 0.3) is 0 Å². The standard InChI is InChI=1S/C22H31N5O3/c1-26(22(28)30-17-18-7-4-3-5-8-18)13-6-14-29-20-15-21(25-24-16-20)27(2)19-9-11-23-12-10-19/h3-5,7-8,15-16,19,23H,6,9-14,17H2,1-2H3. The number of nitrogens with one attached hydrogen (secondary N) is 1. The van der Waals surface area contributed by atoms with Gasteiger partial charge in [-0.2, -0.15) is 5.10 Å². The van der Waals surface area contributed by atoms with Crippen LogP contribution >= 0.6 is 0 Å². The second kappa shape index (κ2) is 11.3. The first-order chi connectivity index (χ1) is 14.6. The van der Waals surface area contributed by atoms with E-state index in [0.717, 1.165) is 37.3 Å². The Morgan fingerprint density at radius 1 is 1.20 bits per heavy atom. The number of ether oxygens (including phenoxy) is 2. The molecule has 0 radical (unpaired) electrons. The van der Waals surface area contributed by atoms with Crippen LogP contribution in [0.3, 0.4) is 0 Å². The number of nitrogens with zero attached hydrogens (tertiary/aromatic N) is 4. The molecular formula is C22H31N5O3. The van der Waals surface area contributed by atoms with Crippen molar-refractivity contribution in [2.45, 2.75) is 31.9 Å². The van der Waals surface area contributed by atoms with Gasteiger partial charge in [-0.15, -0.1) is 5.10 Å². The fraction of sp³-hybridized carbons (Fsp3) is 0.500. The van der Waals surface area contributed by atoms with Crippen LogP contribution in [0.2, 0.25) is 0 Å². The Bertz CT molecular complexity index is 783. The van der Waals surface area contributed by atoms with E-state index in [-0.39, 0.29) is 12.7 Å². The summed E-state index contributed by atoms with van der Waals surface area (Å²) in [6.45, 7) is 3.36. The van der Waals surface area contributed by atoms with Gasteiger partial charge in [0.05, 0.1) is 12.8 Å². The summed E-state index contributed by atoms with van der Waals surface area (Å²) in [5, 5.41) is 11.7. The van der Waals surface area contributed by atoms with E-state index in [1.54, 1.807) is 18.1 Å². The van der Waals surface area contributed by atoms with Crippen molar-refractivity contribution in [3.63, 3.8) is 0 Å². The topological polar surface area (TPSA) is 79.8 Å². The normalized spacial score (nSPS) is 14.2. The third-order valence-electron chi connectivity index (χ3n) is 5.26. The van der Waals surface area contributed by atoms with Crippen LogP contribution in [0.15, 0.2) is 42.6 Å². The summed E-state index contributed by atoms with van der Waals surface area (Å²) in [7, 11) is 3.78. The molecule has 1 amide bonds. The molecule has 1 aromatic heterocycles. The smallest absolute Gasteiger partial charge is 0.409 e. The number of carbonyl (C=O) groups excluding carboxylic acids is 1. The molecule has 1 aliphatic rings. The fourth-order valence-electron chi connectivity index (χ4n) is 3.38. The number of aromatic nitrogens is 2. The molecule has 1 aliphatic heterocycles. The molecule has 162 valence electrons. The molecule has 1 saturated heterocycles. The summed E-state index contributed by atoms with van der Waals surface area (Å²) in [6, 6.07) is 12.0. The number of rotatable bonds is 9. The van der Waals surface area contributed by atoms with Crippen LogP contribution in [-0.4, -0.2) is 67.6 Å². The van der Waals surface area contributed by atoms with Gasteiger partial charge in [-0.1, -0.05) is 30.3 Å². The maximum absolute atomic E-state index is 12.1. The second-order valence-corrected chi connectivity index (χ2v) is 7.51. The molecule has 2 aromatic rings. The number of piperidine rings is 1. The van der Waals surface area contributed by atoms with Gasteiger partial charge in [0.2, 0.25) is 0 Å². The molecule has 0 saturated carbocycles. The average Bonchev–Trinajstić information content (AvgIpc) is 2.81. The molecular weight excluding hydrogens is 382 g/mol. The third-order valence-corrected chi connectivity index (χ3v) is 5.26. The van der Waals surface area contributed by atoms with E-state index in [0.29, 0.717) is 31.4 Å². The molecule has 30 heavy (non-hydrogen) atoms. The van der Waals surface area contributed by atoms with Crippen molar-refractivity contribution in [1.29, 1.82) is 0 Å². The molecule has 0 spiro atoms. The molecule has 8 heteroatoms. The molecule has 0 atom stereocenters. The Morgan fingerprint density at radius 2 is 1.97 bits per heavy atom. The zero-order valence-corrected chi connectivity index (χ0v) is 17.8. The van der Waals surface area contributed by atoms with Gasteiger partial charge in [-0.25, -0.2) is 4.79 Å². The van der Waals surface area contributed by atoms with Gasteiger partial charge in [-0.05, 0) is 37.9 Å². The molecule has 0 aliphatic carbocycles. The summed E-state index contributed by atoms with van der Waals surface area (Å²) < 4.78 is 11.1. The van der Waals surface area contributed by atoms with Crippen LogP contribution in [-0.2, 0) is 11.3 Å². The highest BCUT2D eigenvalue weighted by Gasteiger charge is 2.19. The van der Waals surface area contributed by atoms with Gasteiger partial charge in [0.1, 0.15) is 12.4 Å². The highest BCUT2D eigenvalue weighted by atomic mass is 16.6. The number of benzene rings is 1. The van der Waals surface area contributed by atoms with Crippen molar-refractivity contribution in [2.24, 2.45) is 0 Å². The predicted molar refractivity (Wildman–Crippen MR) is 116 cm³/mol. The summed E-state index contributed by atoms with van der Waals surface area (Å²) in [5.74, 6) is 1.51. The first kappa shape index (κ1) is 21.8. The van der Waals surface area contributed by atoms with Crippen molar-refractivity contribution in [3.05, 3.63) is 48.2 Å². The molecule has 1 fully saturated rings. The number of hydrogen-bond acceptors (Lipinski definition) is 7. The van der Waals surface area contributed by atoms with Crippen LogP contribution in [0.4, 0.5) is 10.6 Å². The van der Waals surface area contributed by atoms with Gasteiger partial charge in [-0.3, -0.25) is 0 Å². The lowest BCUT2D eigenvalue weighted by molar-refractivity contribution is 0.103. The first-order valence-corrected chi connectivity index (χ1v) is 10.4. The lowest BCUT2D eigenvalue weighted by atomic mass is 10.1. The van der Waals surface area contributed by atoms with Crippen LogP contribution in [0, 0.1) is 0 Å². The van der Waals surface area contributed by atoms with E-state index in [1.165, 1.54) is 0 Å². The molecule has 0 bridgehead atoms. The summed E-state index contributed by atoms with van der Waals surface area (Å²) in [5.41, 5.74) is 0.970. The van der Waals surface area contributed by atoms with Crippen LogP contribution in [0.1, 0.15) is 24.8 Å². The van der Waals surface area contributed by atoms with E-state index >= 15 is 0 Å². The van der Waals surface area contributed by atoms with Gasteiger partial charge in [0.15, 0.2) is 5.82 Å². The van der Waals surface area contributed by atoms with E-state index in [2.05, 4.69) is 27.5 Å². The Morgan fingerprint density at radius 3 is 2.73 bits per heavy atom. The summed E-state index contributed by atoms with van der Waals surface area (Å²) in [4.78, 5) is 15.8. The second-order valence-electron chi connectivity index (χ2n) is 7.51. The average molecular weight is 414 g/mol. The van der Waals surface area contributed by atoms with Crippen molar-refractivity contribution in [3.8, 4) is 5.75 Å². The van der Waals surface area contributed by atoms with Crippen molar-refractivity contribution < 1.29 is 14.3 Å². The Kier molecular flexibility index (Phi) is 8.26. The maximum atomic E-state index is 12.1. The zero-order chi connectivity index (χ0) is 21.2. The van der Waals surface area contributed by atoms with Crippen molar-refractivity contribution in [1.82, 2.24) is 20.4 Å². The molecule has 8 nitrogen and oxygen atoms in total. The highest BCUT2D eigenvalue weighted by Crippen LogP contribution is 2.21. The Hall–Kier alpha value is -2.87. The number of anilines is 1. The lowest BCUT2D eigenvalue weighted by Crippen LogP contribution is -2.41. The van der Waals surface area contributed by atoms with Crippen molar-refractivity contribution in [2.75, 3.05) is 45.2 Å². The minimum absolute atomic E-state index is 0.274. The van der Waals surface area contributed by atoms with Crippen molar-refractivity contribution >= 4 is 11.9 Å². The van der Waals surface area contributed by atoms with Crippen LogP contribution in [0.5, 0.6) is 5.75 Å². The van der Waals surface area contributed by atoms with Gasteiger partial charge < -0.3 is 24.6 Å². The quantitative estimate of drug-likeness (QED) is 0.633. The first-order valence-electron chi connectivity index (χ1n) is 10.4. The van der Waals surface area contributed by atoms with E-state index in [1.807, 2.05) is 36.4 Å². The highest BCUT2D eigenvalue weighted by molar-refractivity contribution is 5.67. The monoisotopic (exact) mass is 413 g/mol. The molecule has 1 N–H and O–H groups in total. The zero-order valence-electron chi connectivity index (χ0n) is 17.8. The minimum Gasteiger partial charge on any atom is -0.492 e. The Balaban J connectivity index is 1.38. The third kappa shape index (κ3) is 6.59. The van der Waals surface area contributed by atoms with Crippen LogP contribution in [0.25, 0.3) is 0 Å². The minimum atomic E-state index is -0.338. The number of hydrogen-bond donors (Lipinski definition) is 1.